The molecule has 0 bridgehead atoms. The predicted octanol–water partition coefficient (Wildman–Crippen LogP) is 27.5. The zero-order valence-electron chi connectivity index (χ0n) is 63.1. The van der Waals surface area contributed by atoms with Gasteiger partial charge in [-0.2, -0.15) is 0 Å². The molecule has 4 aromatic carbocycles. The van der Waals surface area contributed by atoms with Crippen LogP contribution in [0.5, 0.6) is 0 Å². The molecule has 0 aliphatic heterocycles. The molecule has 2 fully saturated rings. The van der Waals surface area contributed by atoms with Gasteiger partial charge in [0.25, 0.3) is 0 Å². The number of hydrogen-bond acceptors (Lipinski definition) is 0. The summed E-state index contributed by atoms with van der Waals surface area (Å²) < 4.78 is 0. The summed E-state index contributed by atoms with van der Waals surface area (Å²) in [5, 5.41) is 0. The summed E-state index contributed by atoms with van der Waals surface area (Å²) >= 11 is 0. The van der Waals surface area contributed by atoms with E-state index in [1.54, 1.807) is 16.7 Å². The Morgan fingerprint density at radius 3 is 1.54 bits per heavy atom. The summed E-state index contributed by atoms with van der Waals surface area (Å²) in [6, 6.07) is 33.5. The number of allylic oxidation sites excluding steroid dienone is 32. The summed E-state index contributed by atoms with van der Waals surface area (Å²) in [7, 11) is 0. The van der Waals surface area contributed by atoms with Crippen molar-refractivity contribution in [2.45, 2.75) is 240 Å². The van der Waals surface area contributed by atoms with Crippen molar-refractivity contribution in [1.29, 1.82) is 0 Å². The fraction of sp³-hybridized carbons (Fsp3) is 0.446. The van der Waals surface area contributed by atoms with Crippen molar-refractivity contribution in [3.63, 3.8) is 0 Å². The number of rotatable bonds is 26. The van der Waals surface area contributed by atoms with Gasteiger partial charge in [0.15, 0.2) is 0 Å². The van der Waals surface area contributed by atoms with Crippen LogP contribution in [0.4, 0.5) is 0 Å². The second kappa shape index (κ2) is 35.7. The molecular formula is C101H122. The molecule has 0 amide bonds. The summed E-state index contributed by atoms with van der Waals surface area (Å²) in [6.45, 7) is 14.2. The van der Waals surface area contributed by atoms with Crippen LogP contribution in [0, 0.1) is 54.3 Å². The first-order valence-corrected chi connectivity index (χ1v) is 41.2. The van der Waals surface area contributed by atoms with Gasteiger partial charge in [0, 0.05) is 17.8 Å². The van der Waals surface area contributed by atoms with E-state index in [9.17, 15) is 0 Å². The van der Waals surface area contributed by atoms with Crippen molar-refractivity contribution in [2.75, 3.05) is 0 Å². The number of fused-ring (bicyclic) bond motifs is 4. The standard InChI is InChI=1S/C36H42.C33H42.C32H38/c1-4-27-8-5-10-29(27)21-25(3)33-18-14-26(20-24(33)2)22-31-17-19-35(36-13-7-12-34(31)36)32-16-15-28-9-6-11-30(28)23-32;1-4-25(5-2)15-16-26(6-3)23-27-17-19-28(20-18-27)24-30-21-22-32(29-11-8-7-9-12-29)33-14-10-13-31(30)33;1-3-10-25(11-4-1)12-7-8-13-26-18-20-27(21-19-26)24-29-22-23-31(28-14-5-2-6-15-28)32-17-9-16-30(29)32/h7,12-20,23,25,27,29,36H,4-6,8-11,21-22H2,1-3H3;8,10-14,17-22,25-26,33H,4-7,9,15-16,23-24H2,1-3H3;5,9,14-23,25,32H,1-4,6-8,10-13,24H2. The molecule has 0 spiro atoms. The molecule has 7 unspecified atom stereocenters. The Hall–Kier alpha value is -7.28. The minimum Gasteiger partial charge on any atom is -0.0836 e. The van der Waals surface area contributed by atoms with E-state index >= 15 is 0 Å². The van der Waals surface area contributed by atoms with Crippen LogP contribution in [0.1, 0.15) is 244 Å². The third-order valence-corrected chi connectivity index (χ3v) is 25.7. The predicted molar refractivity (Wildman–Crippen MR) is 436 cm³/mol. The maximum atomic E-state index is 2.47. The molecule has 2 saturated carbocycles. The highest BCUT2D eigenvalue weighted by Gasteiger charge is 2.32. The monoisotopic (exact) mass is 1330 g/mol. The first kappa shape index (κ1) is 72.1. The minimum absolute atomic E-state index is 0.405. The fourth-order valence-corrected chi connectivity index (χ4v) is 19.5. The zero-order chi connectivity index (χ0) is 69.3. The Balaban J connectivity index is 0.000000136. The number of aryl methyl sites for hydroxylation is 4. The van der Waals surface area contributed by atoms with E-state index in [0.29, 0.717) is 23.7 Å². The SMILES string of the molecule is C1=CC2C(C3=CCCC=C3)=CC=C(Cc3ccc(CCCCC4CCCCC4)cc3)C2=C1.CCC(CC)CCC(CC)Cc1ccc(CC2=CC=C(C3=CCCC=C3)C3C=CC=C23)cc1.CCC1CCCC1CC(C)c1ccc(CC2=CC=C(c3ccc4c(c3)CCC4)C3C=CC=C23)cc1C. The van der Waals surface area contributed by atoms with E-state index < -0.39 is 0 Å². The van der Waals surface area contributed by atoms with Crippen LogP contribution in [0.15, 0.2) is 268 Å². The fourth-order valence-electron chi connectivity index (χ4n) is 19.5. The van der Waals surface area contributed by atoms with Gasteiger partial charge >= 0.3 is 0 Å². The van der Waals surface area contributed by atoms with E-state index in [1.165, 1.54) is 267 Å². The van der Waals surface area contributed by atoms with Gasteiger partial charge in [-0.3, -0.25) is 0 Å². The molecule has 0 heteroatoms. The smallest absolute Gasteiger partial charge is 0.0281 e. The molecule has 0 radical (unpaired) electrons. The van der Waals surface area contributed by atoms with Crippen molar-refractivity contribution in [1.82, 2.24) is 0 Å². The van der Waals surface area contributed by atoms with Crippen molar-refractivity contribution in [3.8, 4) is 0 Å². The van der Waals surface area contributed by atoms with E-state index in [2.05, 4.69) is 254 Å². The lowest BCUT2D eigenvalue weighted by Gasteiger charge is -2.26. The normalized spacial score (nSPS) is 22.9. The van der Waals surface area contributed by atoms with Gasteiger partial charge in [-0.25, -0.2) is 0 Å². The second-order valence-corrected chi connectivity index (χ2v) is 32.3. The molecule has 526 valence electrons. The molecule has 11 aliphatic rings. The van der Waals surface area contributed by atoms with Gasteiger partial charge in [-0.15, -0.1) is 0 Å². The van der Waals surface area contributed by atoms with Gasteiger partial charge in [-0.05, 0) is 256 Å². The maximum absolute atomic E-state index is 2.47. The minimum atomic E-state index is 0.405. The van der Waals surface area contributed by atoms with Crippen molar-refractivity contribution in [2.24, 2.45) is 47.3 Å². The van der Waals surface area contributed by atoms with Gasteiger partial charge < -0.3 is 0 Å². The van der Waals surface area contributed by atoms with Crippen LogP contribution in [-0.4, -0.2) is 0 Å². The summed E-state index contributed by atoms with van der Waals surface area (Å²) in [5.41, 5.74) is 31.0. The third-order valence-electron chi connectivity index (χ3n) is 25.7. The van der Waals surface area contributed by atoms with Gasteiger partial charge in [-0.1, -0.05) is 343 Å². The van der Waals surface area contributed by atoms with Crippen molar-refractivity contribution < 1.29 is 0 Å². The first-order valence-electron chi connectivity index (χ1n) is 41.2. The number of unbranched alkanes of at least 4 members (excludes halogenated alkanes) is 1. The molecule has 4 aromatic rings. The average Bonchev–Trinajstić information content (AvgIpc) is 1.71. The molecule has 0 saturated heterocycles. The van der Waals surface area contributed by atoms with Crippen LogP contribution >= 0.6 is 0 Å². The number of hydrogen-bond donors (Lipinski definition) is 0. The van der Waals surface area contributed by atoms with Crippen molar-refractivity contribution in [3.05, 3.63) is 324 Å². The highest BCUT2D eigenvalue weighted by Crippen LogP contribution is 2.46. The van der Waals surface area contributed by atoms with E-state index in [1.807, 2.05) is 0 Å². The molecule has 101 heavy (non-hydrogen) atoms. The van der Waals surface area contributed by atoms with Gasteiger partial charge in [0.1, 0.15) is 0 Å². The molecule has 11 aliphatic carbocycles. The lowest BCUT2D eigenvalue weighted by Crippen LogP contribution is -2.12. The van der Waals surface area contributed by atoms with E-state index in [-0.39, 0.29) is 0 Å². The Morgan fingerprint density at radius 2 is 0.970 bits per heavy atom. The Bertz CT molecular complexity index is 4030. The largest absolute Gasteiger partial charge is 0.0836 e. The Kier molecular flexibility index (Phi) is 25.5. The van der Waals surface area contributed by atoms with E-state index in [0.717, 1.165) is 55.3 Å². The van der Waals surface area contributed by atoms with Crippen molar-refractivity contribution >= 4 is 5.57 Å². The zero-order valence-corrected chi connectivity index (χ0v) is 63.1. The highest BCUT2D eigenvalue weighted by atomic mass is 14.4. The average molecular weight is 1340 g/mol. The van der Waals surface area contributed by atoms with Crippen LogP contribution in [0.25, 0.3) is 5.57 Å². The molecular weight excluding hydrogens is 1210 g/mol. The maximum Gasteiger partial charge on any atom is 0.0281 e. The van der Waals surface area contributed by atoms with Crippen LogP contribution in [-0.2, 0) is 44.9 Å². The molecule has 0 heterocycles. The van der Waals surface area contributed by atoms with Crippen LogP contribution in [0.3, 0.4) is 0 Å². The molecule has 0 aromatic heterocycles. The second-order valence-electron chi connectivity index (χ2n) is 32.3. The lowest BCUT2D eigenvalue weighted by molar-refractivity contribution is 0.330. The number of benzene rings is 4. The first-order chi connectivity index (χ1) is 49.7. The third kappa shape index (κ3) is 18.4. The summed E-state index contributed by atoms with van der Waals surface area (Å²) in [6.07, 6.45) is 88.7. The van der Waals surface area contributed by atoms with Gasteiger partial charge in [0.2, 0.25) is 0 Å². The lowest BCUT2D eigenvalue weighted by atomic mass is 9.78. The Labute approximate surface area is 613 Å². The van der Waals surface area contributed by atoms with E-state index in [4.69, 9.17) is 0 Å². The van der Waals surface area contributed by atoms with Crippen LogP contribution in [0.2, 0.25) is 0 Å². The molecule has 15 rings (SSSR count). The molecule has 7 atom stereocenters. The molecule has 0 nitrogen and oxygen atoms in total. The highest BCUT2D eigenvalue weighted by molar-refractivity contribution is 5.79. The molecule has 0 N–H and O–H groups in total. The van der Waals surface area contributed by atoms with Crippen LogP contribution < -0.4 is 0 Å². The summed E-state index contributed by atoms with van der Waals surface area (Å²) in [4.78, 5) is 0. The topological polar surface area (TPSA) is 0 Å². The quantitative estimate of drug-likeness (QED) is 0.0550. The Morgan fingerprint density at radius 1 is 0.436 bits per heavy atom. The van der Waals surface area contributed by atoms with Gasteiger partial charge in [0.05, 0.1) is 0 Å². The summed E-state index contributed by atoms with van der Waals surface area (Å²) in [5.74, 6) is 6.58.